The fraction of sp³-hybridized carbons (Fsp3) is 0.556. The number of hydrogen-bond donors (Lipinski definition) is 0. The fourth-order valence-electron chi connectivity index (χ4n) is 1.36. The van der Waals surface area contributed by atoms with Gasteiger partial charge in [0.25, 0.3) is 0 Å². The van der Waals surface area contributed by atoms with E-state index in [0.717, 1.165) is 17.7 Å². The van der Waals surface area contributed by atoms with Gasteiger partial charge in [0.2, 0.25) is 0 Å². The van der Waals surface area contributed by atoms with Crippen LogP contribution in [0, 0.1) is 6.92 Å². The predicted octanol–water partition coefficient (Wildman–Crippen LogP) is 1.42. The molecule has 0 bridgehead atoms. The van der Waals surface area contributed by atoms with Crippen LogP contribution in [-0.4, -0.2) is 16.1 Å². The molecule has 0 aliphatic heterocycles. The van der Waals surface area contributed by atoms with Crippen LogP contribution in [0.15, 0.2) is 6.07 Å². The van der Waals surface area contributed by atoms with E-state index in [-0.39, 0.29) is 5.92 Å². The van der Waals surface area contributed by atoms with E-state index in [0.29, 0.717) is 6.42 Å². The summed E-state index contributed by atoms with van der Waals surface area (Å²) in [6.07, 6.45) is 1.52. The van der Waals surface area contributed by atoms with Crippen molar-refractivity contribution in [1.82, 2.24) is 9.78 Å². The highest BCUT2D eigenvalue weighted by Crippen LogP contribution is 2.17. The molecule has 1 aromatic rings. The van der Waals surface area contributed by atoms with Crippen molar-refractivity contribution in [1.29, 1.82) is 0 Å². The molecule has 1 rings (SSSR count). The number of rotatable bonds is 3. The van der Waals surface area contributed by atoms with Gasteiger partial charge in [-0.1, -0.05) is 6.92 Å². The first-order chi connectivity index (χ1) is 5.65. The second kappa shape index (κ2) is 3.52. The van der Waals surface area contributed by atoms with Gasteiger partial charge < -0.3 is 4.79 Å². The predicted molar refractivity (Wildman–Crippen MR) is 47.0 cm³/mol. The second-order valence-electron chi connectivity index (χ2n) is 3.14. The van der Waals surface area contributed by atoms with Crippen molar-refractivity contribution in [2.24, 2.45) is 7.05 Å². The summed E-state index contributed by atoms with van der Waals surface area (Å²) >= 11 is 0. The van der Waals surface area contributed by atoms with Gasteiger partial charge in [0, 0.05) is 25.1 Å². The lowest BCUT2D eigenvalue weighted by atomic mass is 10.0. The van der Waals surface area contributed by atoms with E-state index < -0.39 is 0 Å². The van der Waals surface area contributed by atoms with Crippen LogP contribution in [0.25, 0.3) is 0 Å². The van der Waals surface area contributed by atoms with Crippen molar-refractivity contribution in [3.8, 4) is 0 Å². The lowest BCUT2D eigenvalue weighted by Gasteiger charge is -2.06. The molecule has 3 heteroatoms. The minimum Gasteiger partial charge on any atom is -0.303 e. The summed E-state index contributed by atoms with van der Waals surface area (Å²) in [5, 5.41) is 4.22. The monoisotopic (exact) mass is 166 g/mol. The van der Waals surface area contributed by atoms with Crippen LogP contribution in [-0.2, 0) is 11.8 Å². The average Bonchev–Trinajstić information content (AvgIpc) is 2.30. The van der Waals surface area contributed by atoms with Gasteiger partial charge in [0.15, 0.2) is 0 Å². The van der Waals surface area contributed by atoms with Crippen molar-refractivity contribution >= 4 is 6.29 Å². The van der Waals surface area contributed by atoms with Gasteiger partial charge in [0.05, 0.1) is 5.69 Å². The Morgan fingerprint density at radius 2 is 2.42 bits per heavy atom. The van der Waals surface area contributed by atoms with E-state index in [1.807, 2.05) is 31.6 Å². The molecule has 0 fully saturated rings. The smallest absolute Gasteiger partial charge is 0.120 e. The first-order valence-electron chi connectivity index (χ1n) is 4.09. The highest BCUT2D eigenvalue weighted by molar-refractivity contribution is 5.51. The molecule has 3 nitrogen and oxygen atoms in total. The Kier molecular flexibility index (Phi) is 2.63. The Bertz CT molecular complexity index is 278. The molecule has 0 aliphatic carbocycles. The Morgan fingerprint density at radius 1 is 1.75 bits per heavy atom. The minimum absolute atomic E-state index is 0.272. The molecular formula is C9H14N2O. The number of nitrogens with zero attached hydrogens (tertiary/aromatic N) is 2. The lowest BCUT2D eigenvalue weighted by molar-refractivity contribution is -0.108. The first kappa shape index (κ1) is 8.97. The molecule has 0 spiro atoms. The molecule has 0 aromatic carbocycles. The van der Waals surface area contributed by atoms with Crippen LogP contribution in [0.3, 0.4) is 0 Å². The third-order valence-electron chi connectivity index (χ3n) is 1.99. The third kappa shape index (κ3) is 1.72. The van der Waals surface area contributed by atoms with Gasteiger partial charge in [-0.25, -0.2) is 0 Å². The summed E-state index contributed by atoms with van der Waals surface area (Å²) in [5.41, 5.74) is 2.13. The van der Waals surface area contributed by atoms with Gasteiger partial charge in [-0.05, 0) is 13.0 Å². The van der Waals surface area contributed by atoms with Gasteiger partial charge in [-0.3, -0.25) is 4.68 Å². The molecule has 0 amide bonds. The number of carbonyl (C=O) groups is 1. The molecule has 12 heavy (non-hydrogen) atoms. The Morgan fingerprint density at radius 3 is 2.83 bits per heavy atom. The number of aldehydes is 1. The summed E-state index contributed by atoms with van der Waals surface area (Å²) in [5.74, 6) is 0.272. The summed E-state index contributed by atoms with van der Waals surface area (Å²) in [6.45, 7) is 3.99. The fourth-order valence-corrected chi connectivity index (χ4v) is 1.36. The van der Waals surface area contributed by atoms with Crippen LogP contribution >= 0.6 is 0 Å². The molecule has 1 aromatic heterocycles. The van der Waals surface area contributed by atoms with Gasteiger partial charge in [-0.2, -0.15) is 5.10 Å². The maximum Gasteiger partial charge on any atom is 0.120 e. The van der Waals surface area contributed by atoms with Crippen LogP contribution in [0.4, 0.5) is 0 Å². The van der Waals surface area contributed by atoms with Crippen molar-refractivity contribution in [3.05, 3.63) is 17.5 Å². The van der Waals surface area contributed by atoms with E-state index in [9.17, 15) is 4.79 Å². The molecular weight excluding hydrogens is 152 g/mol. The van der Waals surface area contributed by atoms with Crippen LogP contribution in [0.5, 0.6) is 0 Å². The quantitative estimate of drug-likeness (QED) is 0.636. The lowest BCUT2D eigenvalue weighted by Crippen LogP contribution is -2.02. The minimum atomic E-state index is 0.272. The zero-order valence-electron chi connectivity index (χ0n) is 7.74. The summed E-state index contributed by atoms with van der Waals surface area (Å²) in [7, 11) is 1.91. The maximum absolute atomic E-state index is 10.3. The van der Waals surface area contributed by atoms with Crippen LogP contribution in [0.2, 0.25) is 0 Å². The Balaban J connectivity index is 2.85. The number of carbonyl (C=O) groups excluding carboxylic acids is 1. The highest BCUT2D eigenvalue weighted by Gasteiger charge is 2.09. The molecule has 1 unspecified atom stereocenters. The van der Waals surface area contributed by atoms with E-state index in [2.05, 4.69) is 5.10 Å². The molecule has 0 saturated carbocycles. The van der Waals surface area contributed by atoms with E-state index in [4.69, 9.17) is 0 Å². The zero-order chi connectivity index (χ0) is 9.14. The van der Waals surface area contributed by atoms with Crippen molar-refractivity contribution in [2.45, 2.75) is 26.2 Å². The largest absolute Gasteiger partial charge is 0.303 e. The van der Waals surface area contributed by atoms with Gasteiger partial charge in [0.1, 0.15) is 6.29 Å². The molecule has 0 N–H and O–H groups in total. The van der Waals surface area contributed by atoms with Gasteiger partial charge >= 0.3 is 0 Å². The van der Waals surface area contributed by atoms with Crippen molar-refractivity contribution in [2.75, 3.05) is 0 Å². The van der Waals surface area contributed by atoms with Crippen LogP contribution in [0.1, 0.15) is 30.7 Å². The summed E-state index contributed by atoms with van der Waals surface area (Å²) in [6, 6.07) is 2.02. The summed E-state index contributed by atoms with van der Waals surface area (Å²) < 4.78 is 1.84. The topological polar surface area (TPSA) is 34.9 Å². The SMILES string of the molecule is Cc1cc(C(C)CC=O)n(C)n1. The number of aromatic nitrogens is 2. The Hall–Kier alpha value is -1.12. The first-order valence-corrected chi connectivity index (χ1v) is 4.09. The molecule has 0 saturated heterocycles. The number of aryl methyl sites for hydroxylation is 2. The average molecular weight is 166 g/mol. The van der Waals surface area contributed by atoms with Gasteiger partial charge in [-0.15, -0.1) is 0 Å². The standard InChI is InChI=1S/C9H14N2O/c1-7(4-5-12)9-6-8(2)10-11(9)3/h5-7H,4H2,1-3H3. The van der Waals surface area contributed by atoms with E-state index >= 15 is 0 Å². The molecule has 0 aliphatic rings. The number of hydrogen-bond acceptors (Lipinski definition) is 2. The highest BCUT2D eigenvalue weighted by atomic mass is 16.1. The van der Waals surface area contributed by atoms with Crippen LogP contribution < -0.4 is 0 Å². The Labute approximate surface area is 72.4 Å². The van der Waals surface area contributed by atoms with E-state index in [1.165, 1.54) is 0 Å². The molecule has 0 radical (unpaired) electrons. The normalized spacial score (nSPS) is 12.9. The molecule has 1 heterocycles. The second-order valence-corrected chi connectivity index (χ2v) is 3.14. The summed E-state index contributed by atoms with van der Waals surface area (Å²) in [4.78, 5) is 10.3. The zero-order valence-corrected chi connectivity index (χ0v) is 7.74. The third-order valence-corrected chi connectivity index (χ3v) is 1.99. The maximum atomic E-state index is 10.3. The van der Waals surface area contributed by atoms with Crippen molar-refractivity contribution in [3.63, 3.8) is 0 Å². The molecule has 66 valence electrons. The van der Waals surface area contributed by atoms with Crippen molar-refractivity contribution < 1.29 is 4.79 Å². The molecule has 1 atom stereocenters. The van der Waals surface area contributed by atoms with E-state index in [1.54, 1.807) is 0 Å².